The molecule has 0 radical (unpaired) electrons. The van der Waals surface area contributed by atoms with Crippen LogP contribution in [-0.4, -0.2) is 67.1 Å². The molecule has 0 bridgehead atoms. The van der Waals surface area contributed by atoms with Gasteiger partial charge in [0.25, 0.3) is 0 Å². The van der Waals surface area contributed by atoms with Crippen molar-refractivity contribution >= 4 is 29.4 Å². The van der Waals surface area contributed by atoms with E-state index in [4.69, 9.17) is 4.74 Å². The van der Waals surface area contributed by atoms with Crippen molar-refractivity contribution in [3.63, 3.8) is 0 Å². The molecule has 1 aromatic heterocycles. The second-order valence-corrected chi connectivity index (χ2v) is 7.75. The zero-order valence-corrected chi connectivity index (χ0v) is 19.0. The summed E-state index contributed by atoms with van der Waals surface area (Å²) < 4.78 is 5.16. The number of piperazine rings is 1. The Morgan fingerprint density at radius 2 is 1.79 bits per heavy atom. The van der Waals surface area contributed by atoms with Crippen LogP contribution in [0.4, 0.5) is 16.3 Å². The third kappa shape index (κ3) is 7.48. The minimum absolute atomic E-state index is 0.0157. The van der Waals surface area contributed by atoms with E-state index in [2.05, 4.69) is 20.5 Å². The molecule has 1 aliphatic heterocycles. The van der Waals surface area contributed by atoms with Gasteiger partial charge in [0.15, 0.2) is 0 Å². The fraction of sp³-hybridized carbons (Fsp3) is 0.417. The van der Waals surface area contributed by atoms with E-state index in [9.17, 15) is 14.4 Å². The number of rotatable bonds is 9. The average molecular weight is 454 g/mol. The number of carbonyl (C=O) groups is 3. The van der Waals surface area contributed by atoms with Gasteiger partial charge in [-0.2, -0.15) is 0 Å². The minimum atomic E-state index is -0.402. The molecule has 3 amide bonds. The number of anilines is 2. The van der Waals surface area contributed by atoms with Gasteiger partial charge >= 0.3 is 12.0 Å². The molecule has 2 heterocycles. The Bertz CT molecular complexity index is 912. The number of ether oxygens (including phenoxy) is 1. The van der Waals surface area contributed by atoms with Crippen LogP contribution in [0.15, 0.2) is 48.7 Å². The number of nitrogens with zero attached hydrogens (tertiary/aromatic N) is 3. The van der Waals surface area contributed by atoms with E-state index in [-0.39, 0.29) is 24.8 Å². The maximum Gasteiger partial charge on any atom is 0.338 e. The number of esters is 1. The second-order valence-electron chi connectivity index (χ2n) is 7.75. The topological polar surface area (TPSA) is 104 Å². The van der Waals surface area contributed by atoms with Gasteiger partial charge < -0.3 is 25.2 Å². The highest BCUT2D eigenvalue weighted by Crippen LogP contribution is 2.13. The normalized spacial score (nSPS) is 13.4. The van der Waals surface area contributed by atoms with Crippen LogP contribution in [0.3, 0.4) is 0 Å². The number of unbranched alkanes of at least 4 members (excludes halogenated alkanes) is 1. The van der Waals surface area contributed by atoms with E-state index in [0.29, 0.717) is 30.9 Å². The number of amides is 3. The third-order valence-corrected chi connectivity index (χ3v) is 5.34. The zero-order chi connectivity index (χ0) is 23.5. The lowest BCUT2D eigenvalue weighted by Gasteiger charge is -2.35. The predicted molar refractivity (Wildman–Crippen MR) is 126 cm³/mol. The molecular formula is C24H31N5O4. The Morgan fingerprint density at radius 1 is 1.03 bits per heavy atom. The summed E-state index contributed by atoms with van der Waals surface area (Å²) in [5.41, 5.74) is 0.986. The number of pyridine rings is 1. The van der Waals surface area contributed by atoms with Crippen LogP contribution in [0.5, 0.6) is 0 Å². The highest BCUT2D eigenvalue weighted by molar-refractivity contribution is 5.92. The van der Waals surface area contributed by atoms with Crippen LogP contribution in [0.2, 0.25) is 0 Å². The number of urea groups is 1. The zero-order valence-electron chi connectivity index (χ0n) is 19.0. The Morgan fingerprint density at radius 3 is 2.45 bits per heavy atom. The summed E-state index contributed by atoms with van der Waals surface area (Å²) >= 11 is 0. The molecule has 0 spiro atoms. The molecule has 3 rings (SSSR count). The minimum Gasteiger partial charge on any atom is -0.462 e. The van der Waals surface area contributed by atoms with E-state index < -0.39 is 6.03 Å². The highest BCUT2D eigenvalue weighted by atomic mass is 16.5. The SMILES string of the molecule is CCCCOC(=O)c1ccc(NC(=O)NCCC(=O)N2CCN(c3ccccn3)CC2)cc1. The van der Waals surface area contributed by atoms with E-state index in [1.54, 1.807) is 30.5 Å². The lowest BCUT2D eigenvalue weighted by Crippen LogP contribution is -2.49. The number of hydrogen-bond donors (Lipinski definition) is 2. The first-order valence-corrected chi connectivity index (χ1v) is 11.3. The van der Waals surface area contributed by atoms with Gasteiger partial charge in [0.05, 0.1) is 12.2 Å². The van der Waals surface area contributed by atoms with Crippen molar-refractivity contribution in [3.8, 4) is 0 Å². The molecule has 1 aromatic carbocycles. The Hall–Kier alpha value is -3.62. The summed E-state index contributed by atoms with van der Waals surface area (Å²) in [7, 11) is 0. The number of benzene rings is 1. The molecule has 0 aliphatic carbocycles. The van der Waals surface area contributed by atoms with E-state index in [0.717, 1.165) is 31.7 Å². The summed E-state index contributed by atoms with van der Waals surface area (Å²) in [6.45, 7) is 5.41. The number of carbonyl (C=O) groups excluding carboxylic acids is 3. The van der Waals surface area contributed by atoms with Gasteiger partial charge in [-0.25, -0.2) is 14.6 Å². The smallest absolute Gasteiger partial charge is 0.338 e. The first-order chi connectivity index (χ1) is 16.1. The largest absolute Gasteiger partial charge is 0.462 e. The van der Waals surface area contributed by atoms with Crippen LogP contribution in [0, 0.1) is 0 Å². The van der Waals surface area contributed by atoms with Crippen molar-refractivity contribution < 1.29 is 19.1 Å². The van der Waals surface area contributed by atoms with Gasteiger partial charge in [0.1, 0.15) is 5.82 Å². The standard InChI is InChI=1S/C24H31N5O4/c1-2-3-18-33-23(31)19-7-9-20(10-8-19)27-24(32)26-13-11-22(30)29-16-14-28(15-17-29)21-6-4-5-12-25-21/h4-10,12H,2-3,11,13-18H2,1H3,(H2,26,27,32). The molecule has 1 aliphatic rings. The average Bonchev–Trinajstić information content (AvgIpc) is 2.85. The quantitative estimate of drug-likeness (QED) is 0.447. The van der Waals surface area contributed by atoms with Crippen LogP contribution in [0.25, 0.3) is 0 Å². The van der Waals surface area contributed by atoms with Crippen molar-refractivity contribution in [2.45, 2.75) is 26.2 Å². The molecular weight excluding hydrogens is 422 g/mol. The monoisotopic (exact) mass is 453 g/mol. The summed E-state index contributed by atoms with van der Waals surface area (Å²) in [6, 6.07) is 11.9. The maximum atomic E-state index is 12.5. The molecule has 176 valence electrons. The Balaban J connectivity index is 1.34. The van der Waals surface area contributed by atoms with Gasteiger partial charge in [-0.1, -0.05) is 19.4 Å². The van der Waals surface area contributed by atoms with E-state index >= 15 is 0 Å². The molecule has 9 heteroatoms. The Labute approximate surface area is 194 Å². The number of nitrogens with one attached hydrogen (secondary N) is 2. The first kappa shape index (κ1) is 24.0. The van der Waals surface area contributed by atoms with Crippen molar-refractivity contribution in [1.82, 2.24) is 15.2 Å². The van der Waals surface area contributed by atoms with Crippen LogP contribution in [-0.2, 0) is 9.53 Å². The molecule has 0 atom stereocenters. The van der Waals surface area contributed by atoms with Crippen molar-refractivity contribution in [3.05, 3.63) is 54.2 Å². The van der Waals surface area contributed by atoms with Crippen LogP contribution in [0.1, 0.15) is 36.5 Å². The van der Waals surface area contributed by atoms with Crippen molar-refractivity contribution in [2.24, 2.45) is 0 Å². The van der Waals surface area contributed by atoms with Gasteiger partial charge in [0.2, 0.25) is 5.91 Å². The third-order valence-electron chi connectivity index (χ3n) is 5.34. The van der Waals surface area contributed by atoms with Gasteiger partial charge in [-0.05, 0) is 42.8 Å². The fourth-order valence-corrected chi connectivity index (χ4v) is 3.42. The molecule has 9 nitrogen and oxygen atoms in total. The van der Waals surface area contributed by atoms with Gasteiger partial charge in [0, 0.05) is 51.0 Å². The fourth-order valence-electron chi connectivity index (χ4n) is 3.42. The Kier molecular flexibility index (Phi) is 9.05. The molecule has 33 heavy (non-hydrogen) atoms. The van der Waals surface area contributed by atoms with Gasteiger partial charge in [-0.3, -0.25) is 4.79 Å². The molecule has 2 N–H and O–H groups in total. The van der Waals surface area contributed by atoms with Gasteiger partial charge in [-0.15, -0.1) is 0 Å². The first-order valence-electron chi connectivity index (χ1n) is 11.3. The summed E-state index contributed by atoms with van der Waals surface area (Å²) in [6.07, 6.45) is 3.79. The van der Waals surface area contributed by atoms with Crippen LogP contribution >= 0.6 is 0 Å². The molecule has 1 fully saturated rings. The van der Waals surface area contributed by atoms with E-state index in [1.165, 1.54) is 0 Å². The van der Waals surface area contributed by atoms with Crippen LogP contribution < -0.4 is 15.5 Å². The van der Waals surface area contributed by atoms with E-state index in [1.807, 2.05) is 30.0 Å². The maximum absolute atomic E-state index is 12.5. The molecule has 2 aromatic rings. The number of hydrogen-bond acceptors (Lipinski definition) is 6. The van der Waals surface area contributed by atoms with Crippen molar-refractivity contribution in [2.75, 3.05) is 49.5 Å². The second kappa shape index (κ2) is 12.4. The number of aromatic nitrogens is 1. The summed E-state index contributed by atoms with van der Waals surface area (Å²) in [5.74, 6) is 0.560. The predicted octanol–water partition coefficient (Wildman–Crippen LogP) is 2.90. The lowest BCUT2D eigenvalue weighted by molar-refractivity contribution is -0.131. The molecule has 1 saturated heterocycles. The summed E-state index contributed by atoms with van der Waals surface area (Å²) in [4.78, 5) is 44.8. The molecule has 0 saturated carbocycles. The highest BCUT2D eigenvalue weighted by Gasteiger charge is 2.21. The summed E-state index contributed by atoms with van der Waals surface area (Å²) in [5, 5.41) is 5.39. The lowest BCUT2D eigenvalue weighted by atomic mass is 10.2. The van der Waals surface area contributed by atoms with Crippen molar-refractivity contribution in [1.29, 1.82) is 0 Å². The molecule has 0 unspecified atom stereocenters.